The van der Waals surface area contributed by atoms with E-state index in [1.54, 1.807) is 24.3 Å². The van der Waals surface area contributed by atoms with E-state index in [1.807, 2.05) is 0 Å². The predicted octanol–water partition coefficient (Wildman–Crippen LogP) is 4.24. The molecule has 3 rings (SSSR count). The second-order valence-electron chi connectivity index (χ2n) is 5.78. The van der Waals surface area contributed by atoms with Crippen LogP contribution in [0.1, 0.15) is 66.3 Å². The summed E-state index contributed by atoms with van der Waals surface area (Å²) in [5, 5.41) is 10.9. The molecule has 0 radical (unpaired) electrons. The molecule has 1 aliphatic rings. The highest BCUT2D eigenvalue weighted by molar-refractivity contribution is 5.96. The van der Waals surface area contributed by atoms with Crippen molar-refractivity contribution < 1.29 is 22.2 Å². The van der Waals surface area contributed by atoms with E-state index in [0.717, 1.165) is 7.05 Å². The molecule has 1 N–H and O–H groups in total. The third-order valence-electron chi connectivity index (χ3n) is 4.09. The Bertz CT molecular complexity index is 1050. The number of nitrogens with zero attached hydrogens (tertiary/aromatic N) is 1. The lowest BCUT2D eigenvalue weighted by molar-refractivity contribution is 0.0549. The van der Waals surface area contributed by atoms with Crippen molar-refractivity contribution in [2.75, 3.05) is 7.05 Å². The van der Waals surface area contributed by atoms with E-state index in [0.29, 0.717) is 4.90 Å². The molecular formula is C22H27NO2. The van der Waals surface area contributed by atoms with Gasteiger partial charge in [-0.1, -0.05) is 67.0 Å². The number of benzene rings is 2. The molecule has 3 nitrogen and oxygen atoms in total. The van der Waals surface area contributed by atoms with E-state index < -0.39 is 55.9 Å². The maximum absolute atomic E-state index is 13.0. The fraction of sp³-hybridized carbons (Fsp3) is 0.409. The minimum Gasteiger partial charge on any atom is -0.388 e. The van der Waals surface area contributed by atoms with Gasteiger partial charge in [-0.2, -0.15) is 0 Å². The average Bonchev–Trinajstić information content (AvgIpc) is 2.78. The zero-order valence-electron chi connectivity index (χ0n) is 23.0. The SMILES string of the molecule is [2H]C1([2H])C([2H])([2H])[C@@]([2H])(C[C@@]([2H])(O)c2ccccc2)N(C)[C@@]([2H])(CC(=O)c2ccccc2)C1([2H])[2H]. The third-order valence-corrected chi connectivity index (χ3v) is 4.09. The fourth-order valence-corrected chi connectivity index (χ4v) is 2.60. The maximum atomic E-state index is 13.0. The van der Waals surface area contributed by atoms with E-state index in [9.17, 15) is 9.90 Å². The molecule has 0 amide bonds. The first kappa shape index (κ1) is 9.65. The fourth-order valence-electron chi connectivity index (χ4n) is 2.60. The van der Waals surface area contributed by atoms with Crippen LogP contribution in [0.25, 0.3) is 0 Å². The van der Waals surface area contributed by atoms with Gasteiger partial charge in [-0.3, -0.25) is 9.69 Å². The molecule has 1 fully saturated rings. The average molecular weight is 347 g/mol. The number of likely N-dealkylation sites (tertiary alicyclic amines) is 1. The lowest BCUT2D eigenvalue weighted by Crippen LogP contribution is -2.45. The van der Waals surface area contributed by atoms with E-state index >= 15 is 0 Å². The van der Waals surface area contributed by atoms with Gasteiger partial charge in [0.15, 0.2) is 5.78 Å². The molecule has 25 heavy (non-hydrogen) atoms. The summed E-state index contributed by atoms with van der Waals surface area (Å²) in [6, 6.07) is 9.73. The minimum absolute atomic E-state index is 0.0240. The second kappa shape index (κ2) is 8.41. The van der Waals surface area contributed by atoms with Crippen LogP contribution in [0.2, 0.25) is 0 Å². The van der Waals surface area contributed by atoms with Crippen molar-refractivity contribution in [3.8, 4) is 0 Å². The van der Waals surface area contributed by atoms with Crippen molar-refractivity contribution in [2.45, 2.75) is 50.1 Å². The van der Waals surface area contributed by atoms with Crippen LogP contribution >= 0.6 is 0 Å². The van der Waals surface area contributed by atoms with Crippen molar-refractivity contribution in [3.63, 3.8) is 0 Å². The molecule has 2 aromatic carbocycles. The van der Waals surface area contributed by atoms with Gasteiger partial charge in [-0.15, -0.1) is 0 Å². The standard InChI is InChI=1S/C22H27NO2/c1-23-19(15-21(24)17-9-4-2-5-10-17)13-8-14-20(23)16-22(25)18-11-6-3-7-12-18/h2-7,9-12,19-21,24H,8,13-16H2,1H3/t19-,20+,21+/m0/s1/i8D2,13D2,14D2,19D,20D,21D. The maximum Gasteiger partial charge on any atom is 0.164 e. The van der Waals surface area contributed by atoms with Gasteiger partial charge < -0.3 is 5.11 Å². The minimum atomic E-state index is -3.43. The highest BCUT2D eigenvalue weighted by Crippen LogP contribution is 2.30. The van der Waals surface area contributed by atoms with Crippen LogP contribution in [0, 0.1) is 0 Å². The lowest BCUT2D eigenvalue weighted by Gasteiger charge is -2.40. The van der Waals surface area contributed by atoms with Crippen molar-refractivity contribution >= 4 is 5.78 Å². The summed E-state index contributed by atoms with van der Waals surface area (Å²) in [4.78, 5) is 13.6. The van der Waals surface area contributed by atoms with Gasteiger partial charge in [0.2, 0.25) is 0 Å². The summed E-state index contributed by atoms with van der Waals surface area (Å²) < 4.78 is 77.1. The molecule has 1 saturated heterocycles. The van der Waals surface area contributed by atoms with Gasteiger partial charge >= 0.3 is 0 Å². The molecule has 0 bridgehead atoms. The van der Waals surface area contributed by atoms with Crippen LogP contribution in [-0.2, 0) is 0 Å². The number of ketones is 1. The Labute approximate surface area is 162 Å². The number of Topliss-reactive ketones (excluding diaryl/α,β-unsaturated/α-hetero) is 1. The number of piperidine rings is 1. The normalized spacial score (nSPS) is 41.0. The van der Waals surface area contributed by atoms with Gasteiger partial charge in [0.05, 0.1) is 7.45 Å². The van der Waals surface area contributed by atoms with Crippen LogP contribution < -0.4 is 0 Å². The molecule has 2 aromatic rings. The summed E-state index contributed by atoms with van der Waals surface area (Å²) in [5.74, 6) is -0.684. The Kier molecular flexibility index (Phi) is 3.25. The molecule has 3 heteroatoms. The number of hydrogen-bond donors (Lipinski definition) is 1. The zero-order chi connectivity index (χ0) is 25.8. The topological polar surface area (TPSA) is 40.5 Å². The van der Waals surface area contributed by atoms with Crippen LogP contribution in [-0.4, -0.2) is 34.9 Å². The van der Waals surface area contributed by atoms with E-state index in [1.165, 1.54) is 36.4 Å². The molecule has 0 saturated carbocycles. The molecule has 0 unspecified atom stereocenters. The number of carbonyl (C=O) groups excluding carboxylic acids is 1. The molecule has 3 atom stereocenters. The third kappa shape index (κ3) is 4.56. The molecule has 0 spiro atoms. The largest absolute Gasteiger partial charge is 0.388 e. The Morgan fingerprint density at radius 2 is 1.80 bits per heavy atom. The summed E-state index contributed by atoms with van der Waals surface area (Å²) in [6.07, 6.45) is -14.4. The molecule has 0 aromatic heterocycles. The number of hydrogen-bond acceptors (Lipinski definition) is 3. The van der Waals surface area contributed by atoms with Gasteiger partial charge in [0.25, 0.3) is 0 Å². The molecule has 1 aliphatic heterocycles. The molecular weight excluding hydrogens is 310 g/mol. The van der Waals surface area contributed by atoms with E-state index in [4.69, 9.17) is 12.3 Å². The van der Waals surface area contributed by atoms with Crippen molar-refractivity contribution in [3.05, 3.63) is 71.8 Å². The Morgan fingerprint density at radius 3 is 2.48 bits per heavy atom. The van der Waals surface area contributed by atoms with Gasteiger partial charge in [0.1, 0.15) is 0 Å². The smallest absolute Gasteiger partial charge is 0.164 e. The van der Waals surface area contributed by atoms with Crippen LogP contribution in [0.15, 0.2) is 60.7 Å². The lowest BCUT2D eigenvalue weighted by atomic mass is 9.88. The molecule has 1 heterocycles. The quantitative estimate of drug-likeness (QED) is 0.796. The Morgan fingerprint density at radius 1 is 1.20 bits per heavy atom. The Hall–Kier alpha value is -1.97. The first-order valence-corrected chi connectivity index (χ1v) is 8.06. The number of aliphatic hydroxyl groups is 1. The van der Waals surface area contributed by atoms with Gasteiger partial charge in [0, 0.05) is 35.0 Å². The molecule has 132 valence electrons. The van der Waals surface area contributed by atoms with Crippen molar-refractivity contribution in [1.29, 1.82) is 0 Å². The van der Waals surface area contributed by atoms with Crippen LogP contribution in [0.5, 0.6) is 0 Å². The van der Waals surface area contributed by atoms with Crippen LogP contribution in [0.4, 0.5) is 0 Å². The number of rotatable bonds is 6. The second-order valence-corrected chi connectivity index (χ2v) is 5.78. The molecule has 0 aliphatic carbocycles. The summed E-state index contributed by atoms with van der Waals surface area (Å²) in [6.45, 7) is 0. The monoisotopic (exact) mass is 346 g/mol. The zero-order valence-corrected chi connectivity index (χ0v) is 14.0. The Balaban J connectivity index is 2.14. The van der Waals surface area contributed by atoms with E-state index in [2.05, 4.69) is 0 Å². The van der Waals surface area contributed by atoms with Crippen LogP contribution in [0.3, 0.4) is 0 Å². The van der Waals surface area contributed by atoms with Crippen molar-refractivity contribution in [2.24, 2.45) is 0 Å². The van der Waals surface area contributed by atoms with Crippen molar-refractivity contribution in [1.82, 2.24) is 4.90 Å². The first-order valence-electron chi connectivity index (χ1n) is 12.6. The highest BCUT2D eigenvalue weighted by Gasteiger charge is 2.30. The van der Waals surface area contributed by atoms with E-state index in [-0.39, 0.29) is 11.1 Å². The summed E-state index contributed by atoms with van der Waals surface area (Å²) in [7, 11) is 1.06. The predicted molar refractivity (Wildman–Crippen MR) is 101 cm³/mol. The highest BCUT2D eigenvalue weighted by atomic mass is 16.3. The first-order chi connectivity index (χ1) is 15.5. The van der Waals surface area contributed by atoms with Gasteiger partial charge in [-0.25, -0.2) is 0 Å². The summed E-state index contributed by atoms with van der Waals surface area (Å²) >= 11 is 0. The van der Waals surface area contributed by atoms with Gasteiger partial charge in [-0.05, 0) is 31.8 Å². The number of carbonyl (C=O) groups is 1. The summed E-state index contributed by atoms with van der Waals surface area (Å²) in [5.41, 5.74) is 0.181.